The van der Waals surface area contributed by atoms with E-state index in [1.807, 2.05) is 30.3 Å². The first-order chi connectivity index (χ1) is 18.5. The monoisotopic (exact) mass is 554 g/mol. The minimum atomic E-state index is -4.79. The van der Waals surface area contributed by atoms with Crippen molar-refractivity contribution >= 4 is 51.7 Å². The number of fused-ring (bicyclic) bond motifs is 1. The number of hydrogen-bond donors (Lipinski definition) is 3. The Morgan fingerprint density at radius 3 is 2.49 bits per heavy atom. The number of anilines is 2. The van der Waals surface area contributed by atoms with Crippen LogP contribution in [-0.2, 0) is 7.05 Å². The van der Waals surface area contributed by atoms with Gasteiger partial charge in [0, 0.05) is 23.8 Å². The highest BCUT2D eigenvalue weighted by molar-refractivity contribution is 7.80. The SMILES string of the molecule is CC(C)c1ccccc1NC(=S)N/N=C/c1ccc2c(C(=O)Nc3ccc(OC(F)(F)F)cc3)nn(C)c2c1. The number of rotatable bonds is 7. The first-order valence-electron chi connectivity index (χ1n) is 11.8. The molecule has 0 saturated carbocycles. The molecule has 0 atom stereocenters. The molecule has 4 rings (SSSR count). The van der Waals surface area contributed by atoms with Crippen LogP contribution in [0.15, 0.2) is 71.8 Å². The Labute approximate surface area is 227 Å². The highest BCUT2D eigenvalue weighted by Gasteiger charge is 2.31. The number of amides is 1. The van der Waals surface area contributed by atoms with Gasteiger partial charge in [0.25, 0.3) is 5.91 Å². The summed E-state index contributed by atoms with van der Waals surface area (Å²) in [5.74, 6) is -0.563. The fourth-order valence-corrected chi connectivity index (χ4v) is 4.05. The normalized spacial score (nSPS) is 11.7. The minimum absolute atomic E-state index is 0.166. The minimum Gasteiger partial charge on any atom is -0.406 e. The van der Waals surface area contributed by atoms with Gasteiger partial charge >= 0.3 is 6.36 Å². The van der Waals surface area contributed by atoms with Crippen molar-refractivity contribution in [3.63, 3.8) is 0 Å². The molecule has 0 aliphatic heterocycles. The van der Waals surface area contributed by atoms with Crippen LogP contribution in [0.1, 0.15) is 41.4 Å². The standard InChI is InChI=1S/C27H25F3N6O2S/c1-16(2)20-6-4-5-7-22(20)33-26(39)34-31-15-17-8-13-21-23(14-17)36(3)35-24(21)25(37)32-18-9-11-19(12-10-18)38-27(28,29)30/h4-16H,1-3H3,(H,32,37)(H2,33,34,39)/b31-15+. The van der Waals surface area contributed by atoms with Crippen molar-refractivity contribution in [3.05, 3.63) is 83.6 Å². The summed E-state index contributed by atoms with van der Waals surface area (Å²) in [5, 5.41) is 15.3. The number of aryl methyl sites for hydroxylation is 1. The fourth-order valence-electron chi connectivity index (χ4n) is 3.88. The molecule has 0 unspecified atom stereocenters. The molecule has 0 aliphatic carbocycles. The summed E-state index contributed by atoms with van der Waals surface area (Å²) in [7, 11) is 1.70. The van der Waals surface area contributed by atoms with E-state index in [4.69, 9.17) is 12.2 Å². The topological polar surface area (TPSA) is 92.6 Å². The molecule has 12 heteroatoms. The van der Waals surface area contributed by atoms with Crippen LogP contribution in [0.4, 0.5) is 24.5 Å². The van der Waals surface area contributed by atoms with Crippen LogP contribution >= 0.6 is 12.2 Å². The van der Waals surface area contributed by atoms with Crippen molar-refractivity contribution in [1.82, 2.24) is 15.2 Å². The summed E-state index contributed by atoms with van der Waals surface area (Å²) in [6, 6.07) is 18.1. The third kappa shape index (κ3) is 7.11. The Balaban J connectivity index is 1.42. The number of alkyl halides is 3. The summed E-state index contributed by atoms with van der Waals surface area (Å²) in [4.78, 5) is 12.8. The molecular weight excluding hydrogens is 529 g/mol. The lowest BCUT2D eigenvalue weighted by atomic mass is 10.0. The molecule has 1 heterocycles. The molecule has 1 aromatic heterocycles. The summed E-state index contributed by atoms with van der Waals surface area (Å²) < 4.78 is 42.5. The van der Waals surface area contributed by atoms with Crippen LogP contribution in [0.25, 0.3) is 10.9 Å². The number of carbonyl (C=O) groups is 1. The second-order valence-electron chi connectivity index (χ2n) is 8.84. The van der Waals surface area contributed by atoms with Gasteiger partial charge in [0.2, 0.25) is 0 Å². The third-order valence-corrected chi connectivity index (χ3v) is 5.84. The number of thiocarbonyl (C=S) groups is 1. The molecule has 1 amide bonds. The summed E-state index contributed by atoms with van der Waals surface area (Å²) in [6.07, 6.45) is -3.20. The second-order valence-corrected chi connectivity index (χ2v) is 9.25. The van der Waals surface area contributed by atoms with Crippen LogP contribution in [0.3, 0.4) is 0 Å². The number of hydrazone groups is 1. The molecule has 0 saturated heterocycles. The van der Waals surface area contributed by atoms with Crippen molar-refractivity contribution in [2.45, 2.75) is 26.1 Å². The van der Waals surface area contributed by atoms with E-state index in [1.54, 1.807) is 30.1 Å². The highest BCUT2D eigenvalue weighted by Crippen LogP contribution is 2.26. The van der Waals surface area contributed by atoms with E-state index in [0.717, 1.165) is 28.9 Å². The molecule has 0 bridgehead atoms. The Kier molecular flexibility index (Phi) is 8.15. The van der Waals surface area contributed by atoms with E-state index in [0.29, 0.717) is 27.6 Å². The zero-order valence-electron chi connectivity index (χ0n) is 21.2. The van der Waals surface area contributed by atoms with Gasteiger partial charge in [-0.25, -0.2) is 0 Å². The average Bonchev–Trinajstić information content (AvgIpc) is 3.20. The van der Waals surface area contributed by atoms with E-state index < -0.39 is 12.3 Å². The summed E-state index contributed by atoms with van der Waals surface area (Å²) in [5.41, 5.74) is 6.75. The molecule has 8 nitrogen and oxygen atoms in total. The molecule has 0 radical (unpaired) electrons. The maximum Gasteiger partial charge on any atom is 0.573 e. The van der Waals surface area contributed by atoms with Crippen LogP contribution in [0.5, 0.6) is 5.75 Å². The highest BCUT2D eigenvalue weighted by atomic mass is 32.1. The zero-order chi connectivity index (χ0) is 28.2. The first-order valence-corrected chi connectivity index (χ1v) is 12.2. The molecule has 0 fully saturated rings. The average molecular weight is 555 g/mol. The molecule has 0 aliphatic rings. The Hall–Kier alpha value is -4.45. The lowest BCUT2D eigenvalue weighted by Gasteiger charge is -2.14. The van der Waals surface area contributed by atoms with Crippen molar-refractivity contribution in [1.29, 1.82) is 0 Å². The number of para-hydroxylation sites is 1. The Morgan fingerprint density at radius 1 is 1.08 bits per heavy atom. The van der Waals surface area contributed by atoms with Crippen LogP contribution in [0.2, 0.25) is 0 Å². The van der Waals surface area contributed by atoms with Gasteiger partial charge in [-0.15, -0.1) is 13.2 Å². The predicted molar refractivity (Wildman–Crippen MR) is 149 cm³/mol. The number of hydrogen-bond acceptors (Lipinski definition) is 5. The van der Waals surface area contributed by atoms with Gasteiger partial charge in [0.05, 0.1) is 11.7 Å². The lowest BCUT2D eigenvalue weighted by Crippen LogP contribution is -2.24. The second kappa shape index (κ2) is 11.5. The van der Waals surface area contributed by atoms with Crippen molar-refractivity contribution in [3.8, 4) is 5.75 Å². The van der Waals surface area contributed by atoms with Gasteiger partial charge in [-0.1, -0.05) is 38.1 Å². The molecular formula is C27H25F3N6O2S. The van der Waals surface area contributed by atoms with Crippen molar-refractivity contribution < 1.29 is 22.7 Å². The fraction of sp³-hybridized carbons (Fsp3) is 0.185. The number of halogens is 3. The molecule has 0 spiro atoms. The quantitative estimate of drug-likeness (QED) is 0.144. The number of nitrogens with one attached hydrogen (secondary N) is 3. The largest absolute Gasteiger partial charge is 0.573 e. The van der Waals surface area contributed by atoms with Gasteiger partial charge in [-0.3, -0.25) is 14.9 Å². The lowest BCUT2D eigenvalue weighted by molar-refractivity contribution is -0.274. The van der Waals surface area contributed by atoms with Gasteiger partial charge in [0.15, 0.2) is 10.8 Å². The number of carbonyl (C=O) groups excluding carboxylic acids is 1. The zero-order valence-corrected chi connectivity index (χ0v) is 22.0. The van der Waals surface area contributed by atoms with Gasteiger partial charge < -0.3 is 15.4 Å². The number of benzene rings is 3. The van der Waals surface area contributed by atoms with E-state index >= 15 is 0 Å². The molecule has 3 aromatic carbocycles. The van der Waals surface area contributed by atoms with E-state index in [2.05, 4.69) is 44.8 Å². The number of nitrogens with zero attached hydrogens (tertiary/aromatic N) is 3. The van der Waals surface area contributed by atoms with Crippen molar-refractivity contribution in [2.75, 3.05) is 10.6 Å². The Bertz CT molecular complexity index is 1530. The van der Waals surface area contributed by atoms with Crippen LogP contribution in [-0.4, -0.2) is 33.4 Å². The first kappa shape index (κ1) is 27.6. The third-order valence-electron chi connectivity index (χ3n) is 5.65. The van der Waals surface area contributed by atoms with Crippen molar-refractivity contribution in [2.24, 2.45) is 12.1 Å². The van der Waals surface area contributed by atoms with E-state index in [1.165, 1.54) is 12.1 Å². The predicted octanol–water partition coefficient (Wildman–Crippen LogP) is 6.17. The summed E-state index contributed by atoms with van der Waals surface area (Å²) >= 11 is 5.36. The smallest absolute Gasteiger partial charge is 0.406 e. The van der Waals surface area contributed by atoms with E-state index in [-0.39, 0.29) is 11.4 Å². The van der Waals surface area contributed by atoms with Gasteiger partial charge in [-0.05, 0) is 71.7 Å². The maximum atomic E-state index is 12.8. The van der Waals surface area contributed by atoms with E-state index in [9.17, 15) is 18.0 Å². The van der Waals surface area contributed by atoms with Gasteiger partial charge in [-0.2, -0.15) is 10.2 Å². The molecule has 4 aromatic rings. The molecule has 202 valence electrons. The number of aromatic nitrogens is 2. The summed E-state index contributed by atoms with van der Waals surface area (Å²) in [6.45, 7) is 4.21. The molecule has 39 heavy (non-hydrogen) atoms. The van der Waals surface area contributed by atoms with Crippen LogP contribution in [0, 0.1) is 0 Å². The Morgan fingerprint density at radius 2 is 1.79 bits per heavy atom. The van der Waals surface area contributed by atoms with Gasteiger partial charge in [0.1, 0.15) is 5.75 Å². The van der Waals surface area contributed by atoms with Crippen LogP contribution < -0.4 is 20.8 Å². The maximum absolute atomic E-state index is 12.8. The molecule has 3 N–H and O–H groups in total. The number of ether oxygens (including phenoxy) is 1.